The Labute approximate surface area is 153 Å². The Morgan fingerprint density at radius 3 is 2.31 bits per heavy atom. The molecule has 1 aliphatic rings. The highest BCUT2D eigenvalue weighted by molar-refractivity contribution is 6.10. The van der Waals surface area contributed by atoms with Crippen molar-refractivity contribution < 1.29 is 14.7 Å². The second-order valence-electron chi connectivity index (χ2n) is 6.93. The zero-order chi connectivity index (χ0) is 19.0. The van der Waals surface area contributed by atoms with Gasteiger partial charge in [0.1, 0.15) is 0 Å². The van der Waals surface area contributed by atoms with E-state index >= 15 is 0 Å². The van der Waals surface area contributed by atoms with Crippen molar-refractivity contribution in [3.05, 3.63) is 58.7 Å². The zero-order valence-electron chi connectivity index (χ0n) is 15.6. The lowest BCUT2D eigenvalue weighted by atomic mass is 9.99. The minimum Gasteiger partial charge on any atom is -0.465 e. The predicted molar refractivity (Wildman–Crippen MR) is 103 cm³/mol. The number of carbonyl (C=O) groups excluding carboxylic acids is 1. The molecule has 2 amide bonds. The standard InChI is InChI=1S/C21H24N2O3/c1-5-17-12-22(20(24)16-8-6-7-13(2)9-16)18-10-14(3)15(4)11-19(18)23(17)21(25)26/h6-11,17H,5,12H2,1-4H3,(H,25,26). The Kier molecular flexibility index (Phi) is 4.72. The fourth-order valence-corrected chi connectivity index (χ4v) is 3.48. The summed E-state index contributed by atoms with van der Waals surface area (Å²) >= 11 is 0. The molecule has 0 bridgehead atoms. The Morgan fingerprint density at radius 2 is 1.73 bits per heavy atom. The average molecular weight is 352 g/mol. The van der Waals surface area contributed by atoms with E-state index in [4.69, 9.17) is 0 Å². The molecule has 1 N–H and O–H groups in total. The number of carboxylic acid groups (broad SMARTS) is 1. The maximum Gasteiger partial charge on any atom is 0.412 e. The highest BCUT2D eigenvalue weighted by Gasteiger charge is 2.36. The molecule has 0 saturated heterocycles. The third-order valence-corrected chi connectivity index (χ3v) is 5.09. The molecular weight excluding hydrogens is 328 g/mol. The molecule has 2 aromatic rings. The van der Waals surface area contributed by atoms with Crippen LogP contribution >= 0.6 is 0 Å². The van der Waals surface area contributed by atoms with Crippen LogP contribution in [0.4, 0.5) is 16.2 Å². The summed E-state index contributed by atoms with van der Waals surface area (Å²) in [6, 6.07) is 11.0. The number of rotatable bonds is 2. The lowest BCUT2D eigenvalue weighted by Gasteiger charge is -2.41. The summed E-state index contributed by atoms with van der Waals surface area (Å²) in [6.07, 6.45) is -0.347. The van der Waals surface area contributed by atoms with Gasteiger partial charge < -0.3 is 10.0 Å². The van der Waals surface area contributed by atoms with Crippen LogP contribution in [0, 0.1) is 20.8 Å². The second kappa shape index (κ2) is 6.83. The SMILES string of the molecule is CCC1CN(C(=O)c2cccc(C)c2)c2cc(C)c(C)cc2N1C(=O)O. The lowest BCUT2D eigenvalue weighted by molar-refractivity contribution is 0.0982. The van der Waals surface area contributed by atoms with Gasteiger partial charge >= 0.3 is 6.09 Å². The molecule has 5 nitrogen and oxygen atoms in total. The number of benzene rings is 2. The van der Waals surface area contributed by atoms with Crippen LogP contribution in [-0.4, -0.2) is 29.7 Å². The molecule has 2 aromatic carbocycles. The first-order valence-corrected chi connectivity index (χ1v) is 8.85. The smallest absolute Gasteiger partial charge is 0.412 e. The van der Waals surface area contributed by atoms with Crippen molar-refractivity contribution in [1.82, 2.24) is 0 Å². The van der Waals surface area contributed by atoms with Gasteiger partial charge in [0.15, 0.2) is 0 Å². The van der Waals surface area contributed by atoms with Gasteiger partial charge in [-0.1, -0.05) is 24.6 Å². The van der Waals surface area contributed by atoms with E-state index in [2.05, 4.69) is 0 Å². The number of carbonyl (C=O) groups is 2. The molecule has 136 valence electrons. The number of aryl methyl sites for hydroxylation is 3. The van der Waals surface area contributed by atoms with Crippen molar-refractivity contribution in [2.24, 2.45) is 0 Å². The van der Waals surface area contributed by atoms with Crippen molar-refractivity contribution in [3.63, 3.8) is 0 Å². The van der Waals surface area contributed by atoms with Crippen molar-refractivity contribution in [3.8, 4) is 0 Å². The Balaban J connectivity index is 2.15. The quantitative estimate of drug-likeness (QED) is 0.863. The largest absolute Gasteiger partial charge is 0.465 e. The van der Waals surface area contributed by atoms with Crippen LogP contribution < -0.4 is 9.80 Å². The van der Waals surface area contributed by atoms with Crippen LogP contribution in [0.15, 0.2) is 36.4 Å². The van der Waals surface area contributed by atoms with E-state index in [0.29, 0.717) is 29.9 Å². The number of hydrogen-bond donors (Lipinski definition) is 1. The third-order valence-electron chi connectivity index (χ3n) is 5.09. The number of hydrogen-bond acceptors (Lipinski definition) is 2. The van der Waals surface area contributed by atoms with Crippen LogP contribution in [0.2, 0.25) is 0 Å². The van der Waals surface area contributed by atoms with Gasteiger partial charge in [-0.3, -0.25) is 9.69 Å². The van der Waals surface area contributed by atoms with Crippen LogP contribution in [0.1, 0.15) is 40.4 Å². The number of nitrogens with zero attached hydrogens (tertiary/aromatic N) is 2. The molecule has 1 atom stereocenters. The van der Waals surface area contributed by atoms with Gasteiger partial charge in [-0.15, -0.1) is 0 Å². The molecule has 0 radical (unpaired) electrons. The Bertz CT molecular complexity index is 876. The molecule has 0 aromatic heterocycles. The maximum atomic E-state index is 13.2. The normalized spacial score (nSPS) is 16.4. The maximum absolute atomic E-state index is 13.2. The molecule has 26 heavy (non-hydrogen) atoms. The minimum atomic E-state index is -0.982. The monoisotopic (exact) mass is 352 g/mol. The Hall–Kier alpha value is -2.82. The average Bonchev–Trinajstić information content (AvgIpc) is 2.60. The fraction of sp³-hybridized carbons (Fsp3) is 0.333. The molecule has 3 rings (SSSR count). The van der Waals surface area contributed by atoms with Crippen molar-refractivity contribution in [2.45, 2.75) is 40.2 Å². The van der Waals surface area contributed by atoms with Gasteiger partial charge in [-0.2, -0.15) is 0 Å². The van der Waals surface area contributed by atoms with Crippen molar-refractivity contribution >= 4 is 23.4 Å². The molecular formula is C21H24N2O3. The summed E-state index contributed by atoms with van der Waals surface area (Å²) < 4.78 is 0. The van der Waals surface area contributed by atoms with Gasteiger partial charge in [-0.05, 0) is 62.6 Å². The molecule has 1 heterocycles. The molecule has 1 aliphatic heterocycles. The molecule has 1 unspecified atom stereocenters. The molecule has 0 fully saturated rings. The predicted octanol–water partition coefficient (Wildman–Crippen LogP) is 4.54. The third kappa shape index (κ3) is 3.05. The topological polar surface area (TPSA) is 60.9 Å². The van der Waals surface area contributed by atoms with Gasteiger partial charge in [-0.25, -0.2) is 4.79 Å². The summed E-state index contributed by atoms with van der Waals surface area (Å²) in [7, 11) is 0. The van der Waals surface area contributed by atoms with Gasteiger partial charge in [0.05, 0.1) is 17.4 Å². The first-order valence-electron chi connectivity index (χ1n) is 8.85. The van der Waals surface area contributed by atoms with E-state index in [1.54, 1.807) is 11.0 Å². The highest BCUT2D eigenvalue weighted by Crippen LogP contribution is 2.39. The second-order valence-corrected chi connectivity index (χ2v) is 6.93. The number of anilines is 2. The lowest BCUT2D eigenvalue weighted by Crippen LogP contribution is -2.52. The van der Waals surface area contributed by atoms with E-state index in [1.165, 1.54) is 4.90 Å². The summed E-state index contributed by atoms with van der Waals surface area (Å²) in [5.74, 6) is -0.0957. The van der Waals surface area contributed by atoms with Crippen LogP contribution in [0.25, 0.3) is 0 Å². The van der Waals surface area contributed by atoms with Gasteiger partial charge in [0.25, 0.3) is 5.91 Å². The van der Waals surface area contributed by atoms with E-state index in [-0.39, 0.29) is 11.9 Å². The molecule has 0 spiro atoms. The van der Waals surface area contributed by atoms with Gasteiger partial charge in [0, 0.05) is 12.1 Å². The van der Waals surface area contributed by atoms with E-state index in [9.17, 15) is 14.7 Å². The number of amides is 2. The van der Waals surface area contributed by atoms with E-state index in [1.807, 2.05) is 58.0 Å². The van der Waals surface area contributed by atoms with Crippen molar-refractivity contribution in [1.29, 1.82) is 0 Å². The van der Waals surface area contributed by atoms with Crippen LogP contribution in [0.3, 0.4) is 0 Å². The first-order chi connectivity index (χ1) is 12.3. The Morgan fingerprint density at radius 1 is 1.08 bits per heavy atom. The van der Waals surface area contributed by atoms with Crippen LogP contribution in [0.5, 0.6) is 0 Å². The minimum absolute atomic E-state index is 0.0957. The summed E-state index contributed by atoms with van der Waals surface area (Å²) in [4.78, 5) is 28.2. The summed E-state index contributed by atoms with van der Waals surface area (Å²) in [6.45, 7) is 8.18. The fourth-order valence-electron chi connectivity index (χ4n) is 3.48. The summed E-state index contributed by atoms with van der Waals surface area (Å²) in [5, 5.41) is 9.75. The first kappa shape index (κ1) is 18.0. The molecule has 0 saturated carbocycles. The van der Waals surface area contributed by atoms with E-state index in [0.717, 1.165) is 16.7 Å². The van der Waals surface area contributed by atoms with E-state index < -0.39 is 6.09 Å². The van der Waals surface area contributed by atoms with Gasteiger partial charge in [0.2, 0.25) is 0 Å². The molecule has 5 heteroatoms. The summed E-state index contributed by atoms with van der Waals surface area (Å²) in [5.41, 5.74) is 4.92. The number of fused-ring (bicyclic) bond motifs is 1. The van der Waals surface area contributed by atoms with Crippen LogP contribution in [-0.2, 0) is 0 Å². The molecule has 0 aliphatic carbocycles. The van der Waals surface area contributed by atoms with Crippen molar-refractivity contribution in [2.75, 3.05) is 16.3 Å². The zero-order valence-corrected chi connectivity index (χ0v) is 15.6. The highest BCUT2D eigenvalue weighted by atomic mass is 16.4.